The van der Waals surface area contributed by atoms with Crippen LogP contribution in [0, 0.1) is 12.7 Å². The Morgan fingerprint density at radius 3 is 2.27 bits per heavy atom. The van der Waals surface area contributed by atoms with Gasteiger partial charge in [0.1, 0.15) is 12.4 Å². The Bertz CT molecular complexity index is 1130. The predicted molar refractivity (Wildman–Crippen MR) is 117 cm³/mol. The molecule has 1 N–H and O–H groups in total. The molecular formula is C23H23FN2O3S. The minimum absolute atomic E-state index is 0.0891. The number of nitrogens with zero attached hydrogens (tertiary/aromatic N) is 1. The molecule has 0 heterocycles. The van der Waals surface area contributed by atoms with Crippen molar-refractivity contribution in [2.75, 3.05) is 16.2 Å². The second kappa shape index (κ2) is 9.09. The van der Waals surface area contributed by atoms with Gasteiger partial charge in [0.2, 0.25) is 5.91 Å². The number of carbonyl (C=O) groups excluding carboxylic acids is 1. The van der Waals surface area contributed by atoms with Gasteiger partial charge < -0.3 is 5.32 Å². The highest BCUT2D eigenvalue weighted by atomic mass is 32.2. The molecule has 5 nitrogen and oxygen atoms in total. The normalized spacial score (nSPS) is 11.2. The van der Waals surface area contributed by atoms with Gasteiger partial charge in [-0.25, -0.2) is 12.8 Å². The van der Waals surface area contributed by atoms with Crippen LogP contribution in [0.2, 0.25) is 0 Å². The van der Waals surface area contributed by atoms with Crippen LogP contribution in [0.15, 0.2) is 77.7 Å². The third-order valence-corrected chi connectivity index (χ3v) is 6.43. The quantitative estimate of drug-likeness (QED) is 0.604. The molecule has 0 radical (unpaired) electrons. The maximum Gasteiger partial charge on any atom is 0.264 e. The van der Waals surface area contributed by atoms with Crippen LogP contribution >= 0.6 is 0 Å². The van der Waals surface area contributed by atoms with E-state index in [4.69, 9.17) is 0 Å². The van der Waals surface area contributed by atoms with Crippen molar-refractivity contribution in [3.63, 3.8) is 0 Å². The number of amides is 1. The van der Waals surface area contributed by atoms with Crippen LogP contribution in [0.4, 0.5) is 15.8 Å². The molecule has 0 aliphatic heterocycles. The second-order valence-electron chi connectivity index (χ2n) is 6.90. The van der Waals surface area contributed by atoms with Crippen LogP contribution in [-0.2, 0) is 21.2 Å². The van der Waals surface area contributed by atoms with Crippen molar-refractivity contribution >= 4 is 27.3 Å². The maximum absolute atomic E-state index is 13.4. The van der Waals surface area contributed by atoms with Crippen LogP contribution in [-0.4, -0.2) is 20.9 Å². The molecule has 0 unspecified atom stereocenters. The lowest BCUT2D eigenvalue weighted by Crippen LogP contribution is -2.38. The summed E-state index contributed by atoms with van der Waals surface area (Å²) in [7, 11) is -3.99. The van der Waals surface area contributed by atoms with Gasteiger partial charge >= 0.3 is 0 Å². The monoisotopic (exact) mass is 426 g/mol. The molecule has 30 heavy (non-hydrogen) atoms. The van der Waals surface area contributed by atoms with Crippen molar-refractivity contribution in [3.05, 3.63) is 89.7 Å². The smallest absolute Gasteiger partial charge is 0.264 e. The number of hydrogen-bond acceptors (Lipinski definition) is 3. The summed E-state index contributed by atoms with van der Waals surface area (Å²) in [5.74, 6) is -1.07. The van der Waals surface area contributed by atoms with Gasteiger partial charge in [-0.3, -0.25) is 9.10 Å². The summed E-state index contributed by atoms with van der Waals surface area (Å²) in [4.78, 5) is 12.7. The Labute approximate surface area is 176 Å². The highest BCUT2D eigenvalue weighted by Gasteiger charge is 2.27. The van der Waals surface area contributed by atoms with E-state index in [9.17, 15) is 17.6 Å². The largest absolute Gasteiger partial charge is 0.324 e. The van der Waals surface area contributed by atoms with E-state index in [1.165, 1.54) is 36.4 Å². The first kappa shape index (κ1) is 21.5. The zero-order valence-electron chi connectivity index (χ0n) is 16.8. The predicted octanol–water partition coefficient (Wildman–Crippen LogP) is 4.53. The molecule has 3 aromatic carbocycles. The molecule has 0 spiro atoms. The van der Waals surface area contributed by atoms with E-state index in [2.05, 4.69) is 5.32 Å². The first-order chi connectivity index (χ1) is 14.3. The average Bonchev–Trinajstić information content (AvgIpc) is 2.72. The summed E-state index contributed by atoms with van der Waals surface area (Å²) in [5.41, 5.74) is 2.61. The van der Waals surface area contributed by atoms with Crippen LogP contribution < -0.4 is 9.62 Å². The number of benzene rings is 3. The molecule has 0 aromatic heterocycles. The van der Waals surface area contributed by atoms with Gasteiger partial charge in [-0.2, -0.15) is 0 Å². The molecule has 7 heteroatoms. The number of rotatable bonds is 7. The Morgan fingerprint density at radius 1 is 1.00 bits per heavy atom. The van der Waals surface area contributed by atoms with Crippen LogP contribution in [0.5, 0.6) is 0 Å². The molecule has 3 rings (SSSR count). The first-order valence-electron chi connectivity index (χ1n) is 9.53. The number of anilines is 2. The highest BCUT2D eigenvalue weighted by molar-refractivity contribution is 7.92. The van der Waals surface area contributed by atoms with E-state index in [1.807, 2.05) is 26.0 Å². The van der Waals surface area contributed by atoms with E-state index in [1.54, 1.807) is 24.3 Å². The minimum Gasteiger partial charge on any atom is -0.324 e. The van der Waals surface area contributed by atoms with Gasteiger partial charge in [-0.15, -0.1) is 0 Å². The molecular weight excluding hydrogens is 403 g/mol. The van der Waals surface area contributed by atoms with Gasteiger partial charge in [0.25, 0.3) is 10.0 Å². The molecule has 0 bridgehead atoms. The lowest BCUT2D eigenvalue weighted by molar-refractivity contribution is -0.114. The zero-order chi connectivity index (χ0) is 21.7. The topological polar surface area (TPSA) is 66.5 Å². The van der Waals surface area contributed by atoms with Crippen molar-refractivity contribution in [2.45, 2.75) is 25.2 Å². The highest BCUT2D eigenvalue weighted by Crippen LogP contribution is 2.25. The van der Waals surface area contributed by atoms with E-state index in [-0.39, 0.29) is 10.6 Å². The molecule has 156 valence electrons. The van der Waals surface area contributed by atoms with Crippen molar-refractivity contribution in [2.24, 2.45) is 0 Å². The van der Waals surface area contributed by atoms with Crippen molar-refractivity contribution in [1.82, 2.24) is 0 Å². The Kier molecular flexibility index (Phi) is 6.52. The van der Waals surface area contributed by atoms with E-state index >= 15 is 0 Å². The lowest BCUT2D eigenvalue weighted by atomic mass is 10.1. The molecule has 0 saturated carbocycles. The Morgan fingerprint density at radius 2 is 1.67 bits per heavy atom. The summed E-state index contributed by atoms with van der Waals surface area (Å²) >= 11 is 0. The van der Waals surface area contributed by atoms with Crippen molar-refractivity contribution in [1.29, 1.82) is 0 Å². The molecule has 0 aliphatic rings. The van der Waals surface area contributed by atoms with Crippen LogP contribution in [0.3, 0.4) is 0 Å². The number of nitrogens with one attached hydrogen (secondary N) is 1. The van der Waals surface area contributed by atoms with Gasteiger partial charge in [-0.05, 0) is 61.4 Å². The van der Waals surface area contributed by atoms with Gasteiger partial charge in [0.05, 0.1) is 10.6 Å². The Balaban J connectivity index is 1.94. The lowest BCUT2D eigenvalue weighted by Gasteiger charge is -2.24. The molecule has 0 fully saturated rings. The number of carbonyl (C=O) groups is 1. The second-order valence-corrected chi connectivity index (χ2v) is 8.77. The summed E-state index contributed by atoms with van der Waals surface area (Å²) in [6, 6.07) is 18.9. The molecule has 0 atom stereocenters. The molecule has 1 amide bonds. The van der Waals surface area contributed by atoms with Gasteiger partial charge in [-0.1, -0.05) is 42.8 Å². The SMILES string of the molecule is CCc1ccc(N(CC(=O)Nc2cccc(F)c2)S(=O)(=O)c2ccc(C)cc2)cc1. The standard InChI is InChI=1S/C23H23FN2O3S/c1-3-18-9-11-21(12-10-18)26(30(28,29)22-13-7-17(2)8-14-22)16-23(27)25-20-6-4-5-19(24)15-20/h4-15H,3,16H2,1-2H3,(H,25,27). The third kappa shape index (κ3) is 5.04. The van der Waals surface area contributed by atoms with Crippen LogP contribution in [0.1, 0.15) is 18.1 Å². The number of sulfonamides is 1. The Hall–Kier alpha value is -3.19. The number of halogens is 1. The zero-order valence-corrected chi connectivity index (χ0v) is 17.6. The fourth-order valence-electron chi connectivity index (χ4n) is 2.95. The van der Waals surface area contributed by atoms with Crippen molar-refractivity contribution < 1.29 is 17.6 Å². The molecule has 0 aliphatic carbocycles. The van der Waals surface area contributed by atoms with E-state index in [0.717, 1.165) is 21.9 Å². The molecule has 3 aromatic rings. The van der Waals surface area contributed by atoms with E-state index in [0.29, 0.717) is 5.69 Å². The van der Waals surface area contributed by atoms with Crippen molar-refractivity contribution in [3.8, 4) is 0 Å². The number of hydrogen-bond donors (Lipinski definition) is 1. The third-order valence-electron chi connectivity index (χ3n) is 4.64. The minimum atomic E-state index is -3.99. The fourth-order valence-corrected chi connectivity index (χ4v) is 4.37. The van der Waals surface area contributed by atoms with Crippen LogP contribution in [0.25, 0.3) is 0 Å². The maximum atomic E-state index is 13.4. The summed E-state index contributed by atoms with van der Waals surface area (Å²) < 4.78 is 41.1. The average molecular weight is 427 g/mol. The fraction of sp³-hybridized carbons (Fsp3) is 0.174. The molecule has 0 saturated heterocycles. The summed E-state index contributed by atoms with van der Waals surface area (Å²) in [5, 5.41) is 2.55. The first-order valence-corrected chi connectivity index (χ1v) is 11.0. The van der Waals surface area contributed by atoms with E-state index < -0.39 is 28.3 Å². The van der Waals surface area contributed by atoms with Gasteiger partial charge in [0, 0.05) is 5.69 Å². The van der Waals surface area contributed by atoms with Gasteiger partial charge in [0.15, 0.2) is 0 Å². The number of aryl methyl sites for hydroxylation is 2. The summed E-state index contributed by atoms with van der Waals surface area (Å²) in [6.45, 7) is 3.42. The summed E-state index contributed by atoms with van der Waals surface area (Å²) in [6.07, 6.45) is 0.811.